The molecular weight excluding hydrogens is 800 g/mol. The van der Waals surface area contributed by atoms with Crippen molar-refractivity contribution in [2.75, 3.05) is 0 Å². The van der Waals surface area contributed by atoms with Gasteiger partial charge in [-0.05, 0) is 202 Å². The van der Waals surface area contributed by atoms with Crippen molar-refractivity contribution in [2.24, 2.45) is 0 Å². The van der Waals surface area contributed by atoms with Gasteiger partial charge in [0.2, 0.25) is 0 Å². The maximum Gasteiger partial charge on any atom is 0.137 e. The third-order valence-corrected chi connectivity index (χ3v) is 17.5. The molecule has 0 aromatic carbocycles. The lowest BCUT2D eigenvalue weighted by Crippen LogP contribution is -1.86. The normalized spacial score (nSPS) is 10.6. The Balaban J connectivity index is 0.000000337. The van der Waals surface area contributed by atoms with E-state index in [9.17, 15) is 4.39 Å². The van der Waals surface area contributed by atoms with E-state index in [4.69, 9.17) is 0 Å². The summed E-state index contributed by atoms with van der Waals surface area (Å²) in [6.07, 6.45) is 0. The molecule has 6 aromatic heterocycles. The zero-order valence-corrected chi connectivity index (χ0v) is 43.5. The van der Waals surface area contributed by atoms with Crippen LogP contribution in [0, 0.1) is 95.8 Å². The van der Waals surface area contributed by atoms with Crippen LogP contribution in [0.25, 0.3) is 0 Å². The van der Waals surface area contributed by atoms with E-state index in [0.29, 0.717) is 23.7 Å². The Labute approximate surface area is 367 Å². The van der Waals surface area contributed by atoms with Crippen LogP contribution in [0.1, 0.15) is 170 Å². The molecule has 0 aliphatic rings. The summed E-state index contributed by atoms with van der Waals surface area (Å²) in [6.45, 7) is 45.6. The predicted octanol–water partition coefficient (Wildman–Crippen LogP) is 19.1. The molecule has 0 bridgehead atoms. The second kappa shape index (κ2) is 24.9. The quantitative estimate of drug-likeness (QED) is 0.166. The Morgan fingerprint density at radius 1 is 0.321 bits per heavy atom. The molecule has 0 aliphatic carbocycles. The molecule has 0 amide bonds. The average molecular weight is 874 g/mol. The molecule has 0 aliphatic heterocycles. The summed E-state index contributed by atoms with van der Waals surface area (Å²) in [5.74, 6) is 2.46. The second-order valence-corrected chi connectivity index (χ2v) is 22.2. The molecule has 6 rings (SSSR count). The Bertz CT molecular complexity index is 1730. The molecule has 0 spiro atoms. The van der Waals surface area contributed by atoms with Crippen LogP contribution < -0.4 is 0 Å². The maximum atomic E-state index is 12.7. The molecule has 7 heteroatoms. The molecule has 0 saturated carbocycles. The van der Waals surface area contributed by atoms with Crippen LogP contribution in [0.4, 0.5) is 4.39 Å². The SMILES string of the molecule is Cc1c(F)csc1C(C)C.Cc1csc(C(C)C)c1C.Cc1csc(C)c1C.Cc1csc(C)c1C.Cc1scc(C(C)C)c1C.Cc1scc(C(C)C)c1C. The smallest absolute Gasteiger partial charge is 0.137 e. The van der Waals surface area contributed by atoms with Crippen molar-refractivity contribution >= 4 is 68.0 Å². The van der Waals surface area contributed by atoms with E-state index in [1.807, 2.05) is 63.6 Å². The van der Waals surface area contributed by atoms with Crippen LogP contribution in [0.15, 0.2) is 32.3 Å². The fourth-order valence-electron chi connectivity index (χ4n) is 5.54. The fourth-order valence-corrected chi connectivity index (χ4v) is 11.4. The van der Waals surface area contributed by atoms with Gasteiger partial charge in [-0.2, -0.15) is 0 Å². The average Bonchev–Trinajstić information content (AvgIpc) is 3.97. The van der Waals surface area contributed by atoms with Crippen molar-refractivity contribution in [3.8, 4) is 0 Å². The van der Waals surface area contributed by atoms with Gasteiger partial charge in [-0.1, -0.05) is 55.4 Å². The van der Waals surface area contributed by atoms with Gasteiger partial charge in [-0.3, -0.25) is 0 Å². The topological polar surface area (TPSA) is 0 Å². The minimum atomic E-state index is -0.0614. The number of halogens is 1. The van der Waals surface area contributed by atoms with E-state index >= 15 is 0 Å². The number of hydrogen-bond acceptors (Lipinski definition) is 6. The Hall–Kier alpha value is -1.87. The standard InChI is InChI=1S/3C9H14S.C8H11FS.2C7H10S/c2*1-6(2)9-5-10-8(4)7(9)3;1-6(2)9-8(4)7(3)5-10-9;1-5(2)8-6(3)7(9)4-10-8;2*1-5-4-8-7(3)6(5)2/h3*5-6H,1-4H3;4-5H,1-3H3;2*4H,1-3H3. The van der Waals surface area contributed by atoms with Crippen LogP contribution in [0.2, 0.25) is 0 Å². The van der Waals surface area contributed by atoms with E-state index in [0.717, 1.165) is 10.4 Å². The monoisotopic (exact) mass is 872 g/mol. The summed E-state index contributed by atoms with van der Waals surface area (Å²) in [5, 5.41) is 12.8. The summed E-state index contributed by atoms with van der Waals surface area (Å²) >= 11 is 10.8. The molecule has 0 saturated heterocycles. The highest BCUT2D eigenvalue weighted by Gasteiger charge is 2.10. The van der Waals surface area contributed by atoms with Crippen molar-refractivity contribution in [1.29, 1.82) is 0 Å². The first-order chi connectivity index (χ1) is 25.9. The van der Waals surface area contributed by atoms with Gasteiger partial charge in [0, 0.05) is 34.6 Å². The lowest BCUT2D eigenvalue weighted by Gasteiger charge is -2.02. The third kappa shape index (κ3) is 16.1. The van der Waals surface area contributed by atoms with E-state index in [1.54, 1.807) is 5.38 Å². The van der Waals surface area contributed by atoms with Gasteiger partial charge in [0.05, 0.1) is 0 Å². The lowest BCUT2D eigenvalue weighted by atomic mass is 10.0. The molecule has 0 N–H and O–H groups in total. The van der Waals surface area contributed by atoms with E-state index < -0.39 is 0 Å². The lowest BCUT2D eigenvalue weighted by molar-refractivity contribution is 0.621. The van der Waals surface area contributed by atoms with Crippen molar-refractivity contribution < 1.29 is 4.39 Å². The molecule has 0 fully saturated rings. The van der Waals surface area contributed by atoms with Crippen LogP contribution >= 0.6 is 68.0 Å². The summed E-state index contributed by atoms with van der Waals surface area (Å²) in [6, 6.07) is 0. The summed E-state index contributed by atoms with van der Waals surface area (Å²) in [7, 11) is 0. The van der Waals surface area contributed by atoms with E-state index in [1.165, 1.54) is 91.4 Å². The van der Waals surface area contributed by atoms with Gasteiger partial charge in [-0.25, -0.2) is 4.39 Å². The molecule has 6 aromatic rings. The molecule has 0 nitrogen and oxygen atoms in total. The minimum Gasteiger partial charge on any atom is -0.206 e. The summed E-state index contributed by atoms with van der Waals surface area (Å²) in [4.78, 5) is 8.52. The molecule has 0 atom stereocenters. The van der Waals surface area contributed by atoms with Crippen LogP contribution in [-0.4, -0.2) is 0 Å². The zero-order valence-electron chi connectivity index (χ0n) is 38.6. The number of aryl methyl sites for hydroxylation is 7. The highest BCUT2D eigenvalue weighted by atomic mass is 32.1. The van der Waals surface area contributed by atoms with Gasteiger partial charge < -0.3 is 0 Å². The highest BCUT2D eigenvalue weighted by Crippen LogP contribution is 2.30. The van der Waals surface area contributed by atoms with Crippen LogP contribution in [0.5, 0.6) is 0 Å². The van der Waals surface area contributed by atoms with Gasteiger partial charge in [-0.15, -0.1) is 68.0 Å². The first kappa shape index (κ1) is 52.1. The Morgan fingerprint density at radius 2 is 0.607 bits per heavy atom. The van der Waals surface area contributed by atoms with Crippen molar-refractivity contribution in [3.63, 3.8) is 0 Å². The zero-order chi connectivity index (χ0) is 43.2. The van der Waals surface area contributed by atoms with Crippen molar-refractivity contribution in [2.45, 2.75) is 169 Å². The first-order valence-electron chi connectivity index (χ1n) is 19.8. The number of hydrogen-bond donors (Lipinski definition) is 0. The van der Waals surface area contributed by atoms with Crippen LogP contribution in [-0.2, 0) is 0 Å². The maximum absolute atomic E-state index is 12.7. The molecule has 312 valence electrons. The molecule has 6 heterocycles. The number of rotatable bonds is 4. The van der Waals surface area contributed by atoms with Crippen molar-refractivity contribution in [1.82, 2.24) is 0 Å². The van der Waals surface area contributed by atoms with Gasteiger partial charge in [0.25, 0.3) is 0 Å². The van der Waals surface area contributed by atoms with E-state index in [2.05, 4.69) is 165 Å². The summed E-state index contributed by atoms with van der Waals surface area (Å²) < 4.78 is 12.7. The molecule has 0 radical (unpaired) electrons. The predicted molar refractivity (Wildman–Crippen MR) is 264 cm³/mol. The molecule has 0 unspecified atom stereocenters. The first-order valence-corrected chi connectivity index (χ1v) is 25.1. The van der Waals surface area contributed by atoms with Gasteiger partial charge in [0.1, 0.15) is 5.82 Å². The second-order valence-electron chi connectivity index (χ2n) is 16.0. The van der Waals surface area contributed by atoms with Gasteiger partial charge >= 0.3 is 0 Å². The fraction of sp³-hybridized carbons (Fsp3) is 0.510. The van der Waals surface area contributed by atoms with Crippen molar-refractivity contribution in [3.05, 3.63) is 129 Å². The minimum absolute atomic E-state index is 0.0614. The Morgan fingerprint density at radius 3 is 0.732 bits per heavy atom. The highest BCUT2D eigenvalue weighted by molar-refractivity contribution is 7.11. The molecular formula is C49H73FS6. The molecule has 56 heavy (non-hydrogen) atoms. The van der Waals surface area contributed by atoms with Gasteiger partial charge in [0.15, 0.2) is 0 Å². The largest absolute Gasteiger partial charge is 0.206 e. The summed E-state index contributed by atoms with van der Waals surface area (Å²) in [5.41, 5.74) is 15.5. The Kier molecular flexibility index (Phi) is 23.2. The van der Waals surface area contributed by atoms with Crippen LogP contribution in [0.3, 0.4) is 0 Å². The number of thiophene rings is 6. The van der Waals surface area contributed by atoms with E-state index in [-0.39, 0.29) is 5.82 Å². The third-order valence-electron chi connectivity index (χ3n) is 10.3.